The van der Waals surface area contributed by atoms with Gasteiger partial charge in [0.05, 0.1) is 18.2 Å². The summed E-state index contributed by atoms with van der Waals surface area (Å²) in [6.45, 7) is 5.78. The van der Waals surface area contributed by atoms with E-state index in [1.54, 1.807) is 25.3 Å². The number of hydrogen-bond donors (Lipinski definition) is 1. The van der Waals surface area contributed by atoms with Crippen LogP contribution in [0.2, 0.25) is 0 Å². The van der Waals surface area contributed by atoms with Crippen LogP contribution in [0, 0.1) is 5.92 Å². The summed E-state index contributed by atoms with van der Waals surface area (Å²) in [5.74, 6) is 1.04. The van der Waals surface area contributed by atoms with E-state index in [9.17, 15) is 9.59 Å². The van der Waals surface area contributed by atoms with Gasteiger partial charge in [-0.3, -0.25) is 9.59 Å². The molecule has 0 saturated carbocycles. The topological polar surface area (TPSA) is 61.9 Å². The Bertz CT molecular complexity index is 945. The van der Waals surface area contributed by atoms with Crippen LogP contribution in [0.3, 0.4) is 0 Å². The number of nitrogens with zero attached hydrogens (tertiary/aromatic N) is 2. The van der Waals surface area contributed by atoms with Crippen LogP contribution in [0.4, 0.5) is 11.4 Å². The summed E-state index contributed by atoms with van der Waals surface area (Å²) in [4.78, 5) is 30.4. The molecule has 0 unspecified atom stereocenters. The Morgan fingerprint density at radius 2 is 1.68 bits per heavy atom. The second kappa shape index (κ2) is 9.41. The van der Waals surface area contributed by atoms with Gasteiger partial charge in [-0.1, -0.05) is 19.1 Å². The number of nitrogens with one attached hydrogen (secondary N) is 1. The molecule has 164 valence electrons. The molecule has 2 heterocycles. The van der Waals surface area contributed by atoms with E-state index in [0.717, 1.165) is 57.5 Å². The number of methoxy groups -OCH3 is 1. The Labute approximate surface area is 184 Å². The number of ether oxygens (including phenoxy) is 1. The molecule has 2 aromatic rings. The first-order chi connectivity index (χ1) is 15.1. The van der Waals surface area contributed by atoms with Crippen molar-refractivity contribution >= 4 is 23.2 Å². The summed E-state index contributed by atoms with van der Waals surface area (Å²) in [5, 5.41) is 2.95. The number of hydrogen-bond acceptors (Lipinski definition) is 4. The lowest BCUT2D eigenvalue weighted by molar-refractivity contribution is 0.0793. The van der Waals surface area contributed by atoms with E-state index in [-0.39, 0.29) is 11.8 Å². The van der Waals surface area contributed by atoms with Gasteiger partial charge in [0.2, 0.25) is 0 Å². The zero-order valence-corrected chi connectivity index (χ0v) is 18.4. The normalized spacial score (nSPS) is 17.0. The predicted molar refractivity (Wildman–Crippen MR) is 123 cm³/mol. The third-order valence-electron chi connectivity index (χ3n) is 6.35. The van der Waals surface area contributed by atoms with E-state index < -0.39 is 0 Å². The minimum Gasteiger partial charge on any atom is -0.496 e. The Morgan fingerprint density at radius 1 is 0.968 bits per heavy atom. The number of piperidine rings is 1. The van der Waals surface area contributed by atoms with Crippen molar-refractivity contribution in [3.8, 4) is 5.75 Å². The van der Waals surface area contributed by atoms with Gasteiger partial charge in [-0.25, -0.2) is 0 Å². The Kier molecular flexibility index (Phi) is 6.44. The molecule has 6 nitrogen and oxygen atoms in total. The second-order valence-corrected chi connectivity index (χ2v) is 8.56. The molecular weight excluding hydrogens is 390 g/mol. The van der Waals surface area contributed by atoms with Crippen LogP contribution in [0.25, 0.3) is 0 Å². The number of anilines is 2. The summed E-state index contributed by atoms with van der Waals surface area (Å²) in [7, 11) is 1.55. The largest absolute Gasteiger partial charge is 0.496 e. The average molecular weight is 422 g/mol. The number of rotatable bonds is 5. The lowest BCUT2D eigenvalue weighted by Gasteiger charge is -2.34. The van der Waals surface area contributed by atoms with Crippen molar-refractivity contribution in [2.24, 2.45) is 5.92 Å². The average Bonchev–Trinajstić information content (AvgIpc) is 3.34. The van der Waals surface area contributed by atoms with E-state index in [4.69, 9.17) is 4.74 Å². The van der Waals surface area contributed by atoms with Gasteiger partial charge < -0.3 is 19.9 Å². The lowest BCUT2D eigenvalue weighted by atomic mass is 9.97. The Balaban J connectivity index is 1.62. The summed E-state index contributed by atoms with van der Waals surface area (Å²) >= 11 is 0. The van der Waals surface area contributed by atoms with Crippen LogP contribution in [0.1, 0.15) is 53.3 Å². The van der Waals surface area contributed by atoms with Gasteiger partial charge in [0.25, 0.3) is 11.8 Å². The van der Waals surface area contributed by atoms with Crippen molar-refractivity contribution in [2.75, 3.05) is 43.5 Å². The maximum absolute atomic E-state index is 13.3. The third-order valence-corrected chi connectivity index (χ3v) is 6.35. The number of carbonyl (C=O) groups is 2. The highest BCUT2D eigenvalue weighted by Crippen LogP contribution is 2.31. The van der Waals surface area contributed by atoms with E-state index in [1.807, 2.05) is 29.2 Å². The zero-order chi connectivity index (χ0) is 21.8. The maximum atomic E-state index is 13.3. The van der Waals surface area contributed by atoms with E-state index in [1.165, 1.54) is 0 Å². The molecule has 2 aliphatic rings. The Hall–Kier alpha value is -3.02. The maximum Gasteiger partial charge on any atom is 0.259 e. The molecule has 2 aliphatic heterocycles. The van der Waals surface area contributed by atoms with Gasteiger partial charge in [0.1, 0.15) is 5.75 Å². The molecule has 4 rings (SSSR count). The first-order valence-corrected chi connectivity index (χ1v) is 11.2. The molecule has 2 fully saturated rings. The molecule has 0 spiro atoms. The summed E-state index contributed by atoms with van der Waals surface area (Å²) in [5.41, 5.74) is 2.73. The van der Waals surface area contributed by atoms with Crippen LogP contribution in [0.15, 0.2) is 42.5 Å². The summed E-state index contributed by atoms with van der Waals surface area (Å²) in [6.07, 6.45) is 4.35. The van der Waals surface area contributed by atoms with Gasteiger partial charge in [0.15, 0.2) is 0 Å². The molecule has 6 heteroatoms. The SMILES string of the molecule is COc1ccccc1C(=O)Nc1ccc(N2CCC(C)CC2)c(C(=O)N2CCCC2)c1. The van der Waals surface area contributed by atoms with Crippen LogP contribution in [0.5, 0.6) is 5.75 Å². The monoisotopic (exact) mass is 421 g/mol. The highest BCUT2D eigenvalue weighted by molar-refractivity contribution is 6.07. The Morgan fingerprint density at radius 3 is 2.39 bits per heavy atom. The molecule has 0 radical (unpaired) electrons. The molecule has 0 aliphatic carbocycles. The molecule has 2 saturated heterocycles. The molecule has 2 amide bonds. The molecule has 0 bridgehead atoms. The fraction of sp³-hybridized carbons (Fsp3) is 0.440. The van der Waals surface area contributed by atoms with Crippen molar-refractivity contribution in [2.45, 2.75) is 32.6 Å². The fourth-order valence-electron chi connectivity index (χ4n) is 4.43. The van der Waals surface area contributed by atoms with Crippen LogP contribution in [-0.2, 0) is 0 Å². The second-order valence-electron chi connectivity index (χ2n) is 8.56. The van der Waals surface area contributed by atoms with Crippen LogP contribution < -0.4 is 15.0 Å². The minimum absolute atomic E-state index is 0.0551. The minimum atomic E-state index is -0.253. The number of carbonyl (C=O) groups excluding carboxylic acids is 2. The van der Waals surface area contributed by atoms with Crippen LogP contribution >= 0.6 is 0 Å². The molecule has 0 atom stereocenters. The van der Waals surface area contributed by atoms with Gasteiger partial charge >= 0.3 is 0 Å². The van der Waals surface area contributed by atoms with Crippen molar-refractivity contribution in [3.05, 3.63) is 53.6 Å². The fourth-order valence-corrected chi connectivity index (χ4v) is 4.43. The van der Waals surface area contributed by atoms with Gasteiger partial charge in [-0.15, -0.1) is 0 Å². The first-order valence-electron chi connectivity index (χ1n) is 11.2. The molecular formula is C25H31N3O3. The number of amides is 2. The third kappa shape index (κ3) is 4.68. The molecule has 0 aromatic heterocycles. The van der Waals surface area contributed by atoms with Crippen molar-refractivity contribution in [1.82, 2.24) is 4.90 Å². The van der Waals surface area contributed by atoms with E-state index in [2.05, 4.69) is 17.1 Å². The van der Waals surface area contributed by atoms with Crippen molar-refractivity contribution in [1.29, 1.82) is 0 Å². The van der Waals surface area contributed by atoms with E-state index in [0.29, 0.717) is 28.5 Å². The van der Waals surface area contributed by atoms with Gasteiger partial charge in [0, 0.05) is 37.6 Å². The summed E-state index contributed by atoms with van der Waals surface area (Å²) in [6, 6.07) is 12.8. The van der Waals surface area contributed by atoms with E-state index >= 15 is 0 Å². The highest BCUT2D eigenvalue weighted by Gasteiger charge is 2.26. The molecule has 1 N–H and O–H groups in total. The zero-order valence-electron chi connectivity index (χ0n) is 18.4. The first kappa shape index (κ1) is 21.2. The quantitative estimate of drug-likeness (QED) is 0.776. The summed E-state index contributed by atoms with van der Waals surface area (Å²) < 4.78 is 5.31. The van der Waals surface area contributed by atoms with Crippen molar-refractivity contribution < 1.29 is 14.3 Å². The highest BCUT2D eigenvalue weighted by atomic mass is 16.5. The van der Waals surface area contributed by atoms with Gasteiger partial charge in [-0.05, 0) is 61.9 Å². The smallest absolute Gasteiger partial charge is 0.259 e. The standard InChI is InChI=1S/C25H31N3O3/c1-18-11-15-27(16-12-18)22-10-9-19(17-21(22)25(30)28-13-5-6-14-28)26-24(29)20-7-3-4-8-23(20)31-2/h3-4,7-10,17-18H,5-6,11-16H2,1-2H3,(H,26,29). The molecule has 31 heavy (non-hydrogen) atoms. The molecule has 2 aromatic carbocycles. The number of benzene rings is 2. The predicted octanol–water partition coefficient (Wildman–Crippen LogP) is 4.42. The number of likely N-dealkylation sites (tertiary alicyclic amines) is 1. The van der Waals surface area contributed by atoms with Gasteiger partial charge in [-0.2, -0.15) is 0 Å². The van der Waals surface area contributed by atoms with Crippen molar-refractivity contribution in [3.63, 3.8) is 0 Å². The van der Waals surface area contributed by atoms with Crippen LogP contribution in [-0.4, -0.2) is 50.0 Å². The number of para-hydroxylation sites is 1. The lowest BCUT2D eigenvalue weighted by Crippen LogP contribution is -2.35.